The molecule has 0 unspecified atom stereocenters. The molecule has 0 amide bonds. The highest BCUT2D eigenvalue weighted by Gasteiger charge is 2.16. The predicted octanol–water partition coefficient (Wildman–Crippen LogP) is 1.87. The van der Waals surface area contributed by atoms with Crippen molar-refractivity contribution in [2.45, 2.75) is 13.0 Å². The van der Waals surface area contributed by atoms with Crippen LogP contribution in [0.1, 0.15) is 12.0 Å². The van der Waals surface area contributed by atoms with Crippen molar-refractivity contribution < 1.29 is 4.39 Å². The van der Waals surface area contributed by atoms with E-state index in [1.54, 1.807) is 6.07 Å². The first kappa shape index (κ1) is 11.6. The number of nitrogens with one attached hydrogen (secondary N) is 1. The molecule has 0 atom stereocenters. The van der Waals surface area contributed by atoms with Crippen LogP contribution in [0, 0.1) is 11.7 Å². The van der Waals surface area contributed by atoms with Crippen molar-refractivity contribution in [1.29, 1.82) is 0 Å². The van der Waals surface area contributed by atoms with Crippen LogP contribution in [0.5, 0.6) is 0 Å². The fourth-order valence-electron chi connectivity index (χ4n) is 1.95. The molecule has 3 heteroatoms. The van der Waals surface area contributed by atoms with Crippen molar-refractivity contribution in [2.75, 3.05) is 26.7 Å². The molecule has 16 heavy (non-hydrogen) atoms. The smallest absolute Gasteiger partial charge is 0.127 e. The number of nitrogens with zero attached hydrogens (tertiary/aromatic N) is 1. The number of rotatable bonds is 5. The standard InChI is InChI=1S/C13H19FN2/c1-16(7-6-11-8-15-9-11)10-12-4-2-3-5-13(12)14/h2-5,11,15H,6-10H2,1H3. The molecule has 1 heterocycles. The first-order valence-corrected chi connectivity index (χ1v) is 5.88. The summed E-state index contributed by atoms with van der Waals surface area (Å²) in [5.41, 5.74) is 0.789. The molecule has 0 aromatic heterocycles. The number of hydrogen-bond donors (Lipinski definition) is 1. The van der Waals surface area contributed by atoms with Crippen molar-refractivity contribution in [3.63, 3.8) is 0 Å². The van der Waals surface area contributed by atoms with Crippen LogP contribution in [-0.2, 0) is 6.54 Å². The Hall–Kier alpha value is -0.930. The van der Waals surface area contributed by atoms with Gasteiger partial charge in [-0.2, -0.15) is 0 Å². The van der Waals surface area contributed by atoms with E-state index in [9.17, 15) is 4.39 Å². The van der Waals surface area contributed by atoms with Crippen molar-refractivity contribution in [2.24, 2.45) is 5.92 Å². The number of halogens is 1. The second-order valence-corrected chi connectivity index (χ2v) is 4.64. The van der Waals surface area contributed by atoms with Crippen LogP contribution in [0.3, 0.4) is 0 Å². The molecular weight excluding hydrogens is 203 g/mol. The summed E-state index contributed by atoms with van der Waals surface area (Å²) in [4.78, 5) is 2.19. The minimum Gasteiger partial charge on any atom is -0.316 e. The van der Waals surface area contributed by atoms with Gasteiger partial charge in [0.1, 0.15) is 5.82 Å². The zero-order chi connectivity index (χ0) is 11.4. The largest absolute Gasteiger partial charge is 0.316 e. The Kier molecular flexibility index (Phi) is 3.91. The van der Waals surface area contributed by atoms with E-state index in [0.29, 0.717) is 6.54 Å². The summed E-state index contributed by atoms with van der Waals surface area (Å²) in [6.45, 7) is 4.04. The lowest BCUT2D eigenvalue weighted by Gasteiger charge is -2.29. The van der Waals surface area contributed by atoms with Gasteiger partial charge in [-0.1, -0.05) is 18.2 Å². The molecule has 1 aromatic carbocycles. The van der Waals surface area contributed by atoms with Gasteiger partial charge in [0.25, 0.3) is 0 Å². The van der Waals surface area contributed by atoms with Gasteiger partial charge < -0.3 is 10.2 Å². The van der Waals surface area contributed by atoms with Crippen LogP contribution < -0.4 is 5.32 Å². The summed E-state index contributed by atoms with van der Waals surface area (Å²) in [7, 11) is 2.05. The summed E-state index contributed by atoms with van der Waals surface area (Å²) in [5, 5.41) is 3.27. The van der Waals surface area contributed by atoms with Gasteiger partial charge in [0.15, 0.2) is 0 Å². The molecule has 2 nitrogen and oxygen atoms in total. The molecule has 0 bridgehead atoms. The van der Waals surface area contributed by atoms with Crippen molar-refractivity contribution in [1.82, 2.24) is 10.2 Å². The summed E-state index contributed by atoms with van der Waals surface area (Å²) in [5.74, 6) is 0.725. The molecule has 88 valence electrons. The molecule has 1 fully saturated rings. The van der Waals surface area contributed by atoms with Gasteiger partial charge >= 0.3 is 0 Å². The van der Waals surface area contributed by atoms with Crippen molar-refractivity contribution in [3.8, 4) is 0 Å². The predicted molar refractivity (Wildman–Crippen MR) is 63.7 cm³/mol. The molecular formula is C13H19FN2. The first-order chi connectivity index (χ1) is 7.75. The van der Waals surface area contributed by atoms with Gasteiger partial charge in [0, 0.05) is 12.1 Å². The molecule has 1 saturated heterocycles. The van der Waals surface area contributed by atoms with E-state index < -0.39 is 0 Å². The third kappa shape index (κ3) is 3.03. The van der Waals surface area contributed by atoms with Crippen LogP contribution in [0.25, 0.3) is 0 Å². The number of benzene rings is 1. The van der Waals surface area contributed by atoms with Gasteiger partial charge in [0.05, 0.1) is 0 Å². The van der Waals surface area contributed by atoms with E-state index in [-0.39, 0.29) is 5.82 Å². The van der Waals surface area contributed by atoms with E-state index >= 15 is 0 Å². The van der Waals surface area contributed by atoms with E-state index in [0.717, 1.165) is 31.1 Å². The fourth-order valence-corrected chi connectivity index (χ4v) is 1.95. The van der Waals surface area contributed by atoms with Crippen LogP contribution in [0.15, 0.2) is 24.3 Å². The molecule has 0 radical (unpaired) electrons. The zero-order valence-corrected chi connectivity index (χ0v) is 9.75. The maximum absolute atomic E-state index is 13.4. The molecule has 1 N–H and O–H groups in total. The Labute approximate surface area is 96.5 Å². The van der Waals surface area contributed by atoms with E-state index in [1.165, 1.54) is 12.5 Å². The minimum atomic E-state index is -0.0975. The number of hydrogen-bond acceptors (Lipinski definition) is 2. The Bertz CT molecular complexity index is 336. The van der Waals surface area contributed by atoms with Crippen LogP contribution in [0.4, 0.5) is 4.39 Å². The second kappa shape index (κ2) is 5.41. The highest BCUT2D eigenvalue weighted by molar-refractivity contribution is 5.16. The maximum atomic E-state index is 13.4. The zero-order valence-electron chi connectivity index (χ0n) is 9.75. The van der Waals surface area contributed by atoms with Crippen LogP contribution in [0.2, 0.25) is 0 Å². The molecule has 2 rings (SSSR count). The van der Waals surface area contributed by atoms with Gasteiger partial charge in [-0.3, -0.25) is 0 Å². The highest BCUT2D eigenvalue weighted by atomic mass is 19.1. The Morgan fingerprint density at radius 3 is 2.75 bits per heavy atom. The lowest BCUT2D eigenvalue weighted by molar-refractivity contribution is 0.250. The molecule has 0 aliphatic carbocycles. The van der Waals surface area contributed by atoms with Crippen molar-refractivity contribution in [3.05, 3.63) is 35.6 Å². The van der Waals surface area contributed by atoms with E-state index in [1.807, 2.05) is 12.1 Å². The van der Waals surface area contributed by atoms with Crippen molar-refractivity contribution >= 4 is 0 Å². The van der Waals surface area contributed by atoms with Gasteiger partial charge in [-0.05, 0) is 45.1 Å². The maximum Gasteiger partial charge on any atom is 0.127 e. The second-order valence-electron chi connectivity index (χ2n) is 4.64. The Morgan fingerprint density at radius 1 is 1.38 bits per heavy atom. The average Bonchev–Trinajstić information content (AvgIpc) is 2.19. The summed E-state index contributed by atoms with van der Waals surface area (Å²) in [6.07, 6.45) is 1.21. The summed E-state index contributed by atoms with van der Waals surface area (Å²) in [6, 6.07) is 7.01. The molecule has 1 aliphatic heterocycles. The molecule has 1 aromatic rings. The molecule has 0 saturated carbocycles. The third-order valence-corrected chi connectivity index (χ3v) is 3.18. The van der Waals surface area contributed by atoms with E-state index in [2.05, 4.69) is 17.3 Å². The normalized spacial score (nSPS) is 16.4. The quantitative estimate of drug-likeness (QED) is 0.818. The summed E-state index contributed by atoms with van der Waals surface area (Å²) >= 11 is 0. The fraction of sp³-hybridized carbons (Fsp3) is 0.538. The lowest BCUT2D eigenvalue weighted by atomic mass is 9.99. The SMILES string of the molecule is CN(CCC1CNC1)Cc1ccccc1F. The van der Waals surface area contributed by atoms with Crippen LogP contribution >= 0.6 is 0 Å². The Balaban J connectivity index is 1.77. The lowest BCUT2D eigenvalue weighted by Crippen LogP contribution is -2.43. The van der Waals surface area contributed by atoms with Gasteiger partial charge in [-0.25, -0.2) is 4.39 Å². The third-order valence-electron chi connectivity index (χ3n) is 3.18. The average molecular weight is 222 g/mol. The van der Waals surface area contributed by atoms with Gasteiger partial charge in [-0.15, -0.1) is 0 Å². The van der Waals surface area contributed by atoms with Crippen LogP contribution in [-0.4, -0.2) is 31.6 Å². The molecule has 1 aliphatic rings. The van der Waals surface area contributed by atoms with Gasteiger partial charge in [0.2, 0.25) is 0 Å². The monoisotopic (exact) mass is 222 g/mol. The first-order valence-electron chi connectivity index (χ1n) is 5.88. The summed E-state index contributed by atoms with van der Waals surface area (Å²) < 4.78 is 13.4. The minimum absolute atomic E-state index is 0.0975. The topological polar surface area (TPSA) is 15.3 Å². The highest BCUT2D eigenvalue weighted by Crippen LogP contribution is 2.12. The molecule has 0 spiro atoms. The Morgan fingerprint density at radius 2 is 2.12 bits per heavy atom. The van der Waals surface area contributed by atoms with E-state index in [4.69, 9.17) is 0 Å².